The Morgan fingerprint density at radius 1 is 1.03 bits per heavy atom. The number of amides is 2. The van der Waals surface area contributed by atoms with E-state index in [1.54, 1.807) is 16.7 Å². The first-order valence-corrected chi connectivity index (χ1v) is 12.5. The molecule has 1 N–H and O–H groups in total. The van der Waals surface area contributed by atoms with Gasteiger partial charge >= 0.3 is 0 Å². The zero-order valence-corrected chi connectivity index (χ0v) is 19.6. The van der Waals surface area contributed by atoms with Crippen molar-refractivity contribution in [1.29, 1.82) is 0 Å². The van der Waals surface area contributed by atoms with Crippen LogP contribution in [0, 0.1) is 0 Å². The Labute approximate surface area is 194 Å². The zero-order valence-electron chi connectivity index (χ0n) is 18.1. The van der Waals surface area contributed by atoms with Gasteiger partial charge in [-0.1, -0.05) is 73.3 Å². The number of hydrogen-bond donors (Lipinski definition) is 1. The van der Waals surface area contributed by atoms with Crippen molar-refractivity contribution < 1.29 is 9.59 Å². The summed E-state index contributed by atoms with van der Waals surface area (Å²) in [6.45, 7) is 2.27. The van der Waals surface area contributed by atoms with Gasteiger partial charge in [0.2, 0.25) is 11.8 Å². The standard InChI is InChI=1S/C25H31ClN2O2S/c1-19(25(30)27-23-10-6-3-7-11-23)28(16-20-8-4-2-5-9-20)24(29)18-31-17-21-12-14-22(26)15-13-21/h2,4-5,8-9,12-15,19,23H,3,6-7,10-11,16-18H2,1H3,(H,27,30)/t19-/m1/s1. The van der Waals surface area contributed by atoms with Gasteiger partial charge in [0.1, 0.15) is 6.04 Å². The molecule has 0 saturated heterocycles. The van der Waals surface area contributed by atoms with Gasteiger partial charge < -0.3 is 10.2 Å². The van der Waals surface area contributed by atoms with Crippen LogP contribution in [0.4, 0.5) is 0 Å². The SMILES string of the molecule is C[C@H](C(=O)NC1CCCCC1)N(Cc1ccccc1)C(=O)CSCc1ccc(Cl)cc1. The van der Waals surface area contributed by atoms with Gasteiger partial charge in [-0.25, -0.2) is 0 Å². The number of carbonyl (C=O) groups excluding carboxylic acids is 2. The second-order valence-corrected chi connectivity index (χ2v) is 9.57. The third-order valence-corrected chi connectivity index (χ3v) is 6.96. The Balaban J connectivity index is 1.61. The molecule has 3 rings (SSSR count). The average molecular weight is 459 g/mol. The predicted molar refractivity (Wildman–Crippen MR) is 129 cm³/mol. The van der Waals surface area contributed by atoms with Crippen LogP contribution in [-0.2, 0) is 21.9 Å². The van der Waals surface area contributed by atoms with Crippen molar-refractivity contribution in [2.45, 2.75) is 63.4 Å². The van der Waals surface area contributed by atoms with Crippen molar-refractivity contribution in [2.75, 3.05) is 5.75 Å². The maximum absolute atomic E-state index is 13.1. The summed E-state index contributed by atoms with van der Waals surface area (Å²) in [6, 6.07) is 17.2. The minimum Gasteiger partial charge on any atom is -0.352 e. The van der Waals surface area contributed by atoms with E-state index in [2.05, 4.69) is 5.32 Å². The first-order valence-electron chi connectivity index (χ1n) is 11.0. The molecule has 166 valence electrons. The molecule has 2 aromatic rings. The molecule has 0 spiro atoms. The molecule has 1 saturated carbocycles. The van der Waals surface area contributed by atoms with Crippen LogP contribution in [-0.4, -0.2) is 34.6 Å². The van der Waals surface area contributed by atoms with Gasteiger partial charge in [-0.15, -0.1) is 11.8 Å². The monoisotopic (exact) mass is 458 g/mol. The largest absolute Gasteiger partial charge is 0.352 e. The van der Waals surface area contributed by atoms with Crippen molar-refractivity contribution in [2.24, 2.45) is 0 Å². The van der Waals surface area contributed by atoms with E-state index < -0.39 is 6.04 Å². The van der Waals surface area contributed by atoms with Gasteiger partial charge in [0.05, 0.1) is 5.75 Å². The van der Waals surface area contributed by atoms with Crippen LogP contribution in [0.15, 0.2) is 54.6 Å². The van der Waals surface area contributed by atoms with Gasteiger partial charge in [-0.05, 0) is 43.0 Å². The number of hydrogen-bond acceptors (Lipinski definition) is 3. The summed E-state index contributed by atoms with van der Waals surface area (Å²) in [5.41, 5.74) is 2.15. The van der Waals surface area contributed by atoms with Crippen molar-refractivity contribution in [3.63, 3.8) is 0 Å². The molecule has 0 aromatic heterocycles. The Bertz CT molecular complexity index is 838. The first kappa shape index (κ1) is 23.7. The fraction of sp³-hybridized carbons (Fsp3) is 0.440. The van der Waals surface area contributed by atoms with E-state index in [4.69, 9.17) is 11.6 Å². The van der Waals surface area contributed by atoms with Crippen LogP contribution in [0.3, 0.4) is 0 Å². The second kappa shape index (κ2) is 12.2. The minimum absolute atomic E-state index is 0.0193. The van der Waals surface area contributed by atoms with Crippen molar-refractivity contribution >= 4 is 35.2 Å². The predicted octanol–water partition coefficient (Wildman–Crippen LogP) is 5.44. The summed E-state index contributed by atoms with van der Waals surface area (Å²) in [5, 5.41) is 3.88. The lowest BCUT2D eigenvalue weighted by molar-refractivity contribution is -0.139. The molecular formula is C25H31ClN2O2S. The van der Waals surface area contributed by atoms with E-state index in [1.807, 2.05) is 61.5 Å². The van der Waals surface area contributed by atoms with E-state index in [-0.39, 0.29) is 17.9 Å². The zero-order chi connectivity index (χ0) is 22.1. The van der Waals surface area contributed by atoms with Gasteiger partial charge in [-0.2, -0.15) is 0 Å². The lowest BCUT2D eigenvalue weighted by Crippen LogP contribution is -2.50. The summed E-state index contributed by atoms with van der Waals surface area (Å²) in [7, 11) is 0. The summed E-state index contributed by atoms with van der Waals surface area (Å²) in [6.07, 6.45) is 5.62. The number of nitrogens with one attached hydrogen (secondary N) is 1. The van der Waals surface area contributed by atoms with Gasteiger partial charge in [0.15, 0.2) is 0 Å². The van der Waals surface area contributed by atoms with Gasteiger partial charge in [0, 0.05) is 23.4 Å². The highest BCUT2D eigenvalue weighted by molar-refractivity contribution is 7.99. The molecule has 1 aliphatic rings. The van der Waals surface area contributed by atoms with E-state index in [0.717, 1.165) is 42.6 Å². The number of nitrogens with zero attached hydrogens (tertiary/aromatic N) is 1. The number of carbonyl (C=O) groups is 2. The molecule has 0 unspecified atom stereocenters. The fourth-order valence-electron chi connectivity index (χ4n) is 3.85. The lowest BCUT2D eigenvalue weighted by atomic mass is 9.95. The maximum atomic E-state index is 13.1. The molecule has 2 aromatic carbocycles. The topological polar surface area (TPSA) is 49.4 Å². The minimum atomic E-state index is -0.509. The molecule has 0 heterocycles. The Hall–Kier alpha value is -1.98. The third-order valence-electron chi connectivity index (χ3n) is 5.72. The molecule has 6 heteroatoms. The highest BCUT2D eigenvalue weighted by Crippen LogP contribution is 2.20. The quantitative estimate of drug-likeness (QED) is 0.544. The summed E-state index contributed by atoms with van der Waals surface area (Å²) in [4.78, 5) is 27.8. The Morgan fingerprint density at radius 2 is 1.71 bits per heavy atom. The molecule has 31 heavy (non-hydrogen) atoms. The molecule has 4 nitrogen and oxygen atoms in total. The Kier molecular flexibility index (Phi) is 9.29. The van der Waals surface area contributed by atoms with Crippen LogP contribution < -0.4 is 5.32 Å². The second-order valence-electron chi connectivity index (χ2n) is 8.15. The maximum Gasteiger partial charge on any atom is 0.242 e. The molecule has 0 radical (unpaired) electrons. The normalized spacial score (nSPS) is 15.3. The highest BCUT2D eigenvalue weighted by atomic mass is 35.5. The first-order chi connectivity index (χ1) is 15.0. The number of halogens is 1. The molecule has 0 aliphatic heterocycles. The summed E-state index contributed by atoms with van der Waals surface area (Å²) < 4.78 is 0. The average Bonchev–Trinajstić information content (AvgIpc) is 2.79. The van der Waals surface area contributed by atoms with Gasteiger partial charge in [0.25, 0.3) is 0 Å². The number of benzene rings is 2. The molecular weight excluding hydrogens is 428 g/mol. The van der Waals surface area contributed by atoms with E-state index in [0.29, 0.717) is 17.3 Å². The van der Waals surface area contributed by atoms with Crippen LogP contribution in [0.1, 0.15) is 50.2 Å². The van der Waals surface area contributed by atoms with E-state index >= 15 is 0 Å². The molecule has 1 atom stereocenters. The van der Waals surface area contributed by atoms with Crippen LogP contribution >= 0.6 is 23.4 Å². The molecule has 0 bridgehead atoms. The lowest BCUT2D eigenvalue weighted by Gasteiger charge is -2.31. The summed E-state index contributed by atoms with van der Waals surface area (Å²) >= 11 is 7.50. The molecule has 2 amide bonds. The van der Waals surface area contributed by atoms with Gasteiger partial charge in [-0.3, -0.25) is 9.59 Å². The van der Waals surface area contributed by atoms with Crippen molar-refractivity contribution in [1.82, 2.24) is 10.2 Å². The molecule has 1 aliphatic carbocycles. The Morgan fingerprint density at radius 3 is 2.39 bits per heavy atom. The fourth-order valence-corrected chi connectivity index (χ4v) is 4.85. The van der Waals surface area contributed by atoms with Crippen LogP contribution in [0.5, 0.6) is 0 Å². The van der Waals surface area contributed by atoms with Crippen molar-refractivity contribution in [3.05, 3.63) is 70.7 Å². The van der Waals surface area contributed by atoms with E-state index in [1.165, 1.54) is 6.42 Å². The highest BCUT2D eigenvalue weighted by Gasteiger charge is 2.27. The van der Waals surface area contributed by atoms with E-state index in [9.17, 15) is 9.59 Å². The summed E-state index contributed by atoms with van der Waals surface area (Å²) in [5.74, 6) is 0.981. The van der Waals surface area contributed by atoms with Crippen molar-refractivity contribution in [3.8, 4) is 0 Å². The van der Waals surface area contributed by atoms with Crippen LogP contribution in [0.25, 0.3) is 0 Å². The third kappa shape index (κ3) is 7.58. The number of thioether (sulfide) groups is 1. The molecule has 1 fully saturated rings. The van der Waals surface area contributed by atoms with Crippen LogP contribution in [0.2, 0.25) is 5.02 Å². The smallest absolute Gasteiger partial charge is 0.242 e. The number of rotatable bonds is 9.